The minimum Gasteiger partial charge on any atom is -0.407 e. The van der Waals surface area contributed by atoms with Crippen LogP contribution in [0.3, 0.4) is 0 Å². The molecular formula is C38H38Cl2N4O3Si. The first-order valence-electron chi connectivity index (χ1n) is 15.6. The van der Waals surface area contributed by atoms with E-state index in [2.05, 4.69) is 60.7 Å². The van der Waals surface area contributed by atoms with Crippen molar-refractivity contribution in [3.05, 3.63) is 142 Å². The molecule has 0 aliphatic carbocycles. The summed E-state index contributed by atoms with van der Waals surface area (Å²) in [4.78, 5) is 28.2. The number of nitrogens with one attached hydrogen (secondary N) is 2. The standard InChI is InChI=1S/C38H38Cl2N4O3Si/c1-26(45)43-33-19-17-27(23-41-33)18-20-34(46)42-24-29-12-11-21-44(29)32-22-28(36(39)35(37(32)40)38(2,3)4)25-47-48(30-13-7-5-8-14-30)31-15-9-6-10-16-31/h5-23,48H,24-25H2,1-4H3,(H,42,46)(H,41,43,45). The fourth-order valence-electron chi connectivity index (χ4n) is 5.39. The number of carbonyl (C=O) groups is 2. The lowest BCUT2D eigenvalue weighted by molar-refractivity contribution is -0.116. The number of carbonyl (C=O) groups excluding carboxylic acids is 2. The van der Waals surface area contributed by atoms with Gasteiger partial charge in [-0.1, -0.05) is 105 Å². The Labute approximate surface area is 293 Å². The van der Waals surface area contributed by atoms with E-state index in [1.54, 1.807) is 24.4 Å². The van der Waals surface area contributed by atoms with Gasteiger partial charge in [0.2, 0.25) is 20.9 Å². The van der Waals surface area contributed by atoms with Crippen LogP contribution in [-0.2, 0) is 32.6 Å². The van der Waals surface area contributed by atoms with E-state index in [9.17, 15) is 9.59 Å². The lowest BCUT2D eigenvalue weighted by atomic mass is 9.85. The van der Waals surface area contributed by atoms with Gasteiger partial charge in [-0.25, -0.2) is 4.98 Å². The summed E-state index contributed by atoms with van der Waals surface area (Å²) in [7, 11) is -2.03. The van der Waals surface area contributed by atoms with Crippen molar-refractivity contribution in [1.29, 1.82) is 0 Å². The van der Waals surface area contributed by atoms with Gasteiger partial charge in [0.05, 0.1) is 28.9 Å². The van der Waals surface area contributed by atoms with Crippen molar-refractivity contribution in [2.75, 3.05) is 5.32 Å². The van der Waals surface area contributed by atoms with Crippen molar-refractivity contribution in [2.45, 2.75) is 46.3 Å². The van der Waals surface area contributed by atoms with Gasteiger partial charge in [0.1, 0.15) is 5.82 Å². The van der Waals surface area contributed by atoms with Gasteiger partial charge in [-0.3, -0.25) is 9.59 Å². The second-order valence-electron chi connectivity index (χ2n) is 12.4. The van der Waals surface area contributed by atoms with Crippen molar-refractivity contribution < 1.29 is 14.0 Å². The maximum atomic E-state index is 12.8. The molecule has 7 nitrogen and oxygen atoms in total. The normalized spacial score (nSPS) is 11.6. The second-order valence-corrected chi connectivity index (χ2v) is 15.6. The first-order valence-corrected chi connectivity index (χ1v) is 18.0. The molecule has 2 N–H and O–H groups in total. The number of hydrogen-bond donors (Lipinski definition) is 2. The molecule has 0 saturated heterocycles. The third-order valence-electron chi connectivity index (χ3n) is 7.67. The zero-order chi connectivity index (χ0) is 34.3. The Bertz CT molecular complexity index is 1870. The zero-order valence-corrected chi connectivity index (χ0v) is 30.0. The Morgan fingerprint density at radius 2 is 1.58 bits per heavy atom. The zero-order valence-electron chi connectivity index (χ0n) is 27.3. The van der Waals surface area contributed by atoms with Gasteiger partial charge in [-0.2, -0.15) is 0 Å². The van der Waals surface area contributed by atoms with E-state index in [-0.39, 0.29) is 23.8 Å². The third kappa shape index (κ3) is 8.70. The number of amides is 2. The molecule has 48 heavy (non-hydrogen) atoms. The van der Waals surface area contributed by atoms with Crippen molar-refractivity contribution in [2.24, 2.45) is 0 Å². The molecule has 0 aliphatic rings. The van der Waals surface area contributed by atoms with Crippen LogP contribution in [0, 0.1) is 0 Å². The van der Waals surface area contributed by atoms with Crippen LogP contribution in [0.4, 0.5) is 5.82 Å². The lowest BCUT2D eigenvalue weighted by Gasteiger charge is -2.27. The number of halogens is 2. The molecular weight excluding hydrogens is 659 g/mol. The molecule has 0 unspecified atom stereocenters. The highest BCUT2D eigenvalue weighted by Gasteiger charge is 2.27. The van der Waals surface area contributed by atoms with E-state index in [4.69, 9.17) is 27.6 Å². The maximum Gasteiger partial charge on any atom is 0.244 e. The minimum absolute atomic E-state index is 0.199. The number of benzene rings is 3. The van der Waals surface area contributed by atoms with Crippen LogP contribution in [0.5, 0.6) is 0 Å². The lowest BCUT2D eigenvalue weighted by Crippen LogP contribution is -2.44. The number of aromatic nitrogens is 2. The molecule has 0 radical (unpaired) electrons. The van der Waals surface area contributed by atoms with Gasteiger partial charge >= 0.3 is 0 Å². The summed E-state index contributed by atoms with van der Waals surface area (Å²) in [6.07, 6.45) is 6.63. The van der Waals surface area contributed by atoms with Gasteiger partial charge in [0.15, 0.2) is 0 Å². The highest BCUT2D eigenvalue weighted by molar-refractivity contribution is 6.80. The average molecular weight is 698 g/mol. The Morgan fingerprint density at radius 3 is 2.17 bits per heavy atom. The van der Waals surface area contributed by atoms with Crippen LogP contribution in [-0.4, -0.2) is 30.4 Å². The molecule has 10 heteroatoms. The summed E-state index contributed by atoms with van der Waals surface area (Å²) in [5.74, 6) is -0.0158. The molecule has 0 fully saturated rings. The Kier molecular flexibility index (Phi) is 11.3. The number of pyridine rings is 1. The maximum absolute atomic E-state index is 12.8. The highest BCUT2D eigenvalue weighted by atomic mass is 35.5. The van der Waals surface area contributed by atoms with Crippen molar-refractivity contribution in [1.82, 2.24) is 14.9 Å². The SMILES string of the molecule is CC(=O)Nc1ccc(C=CC(=O)NCc2cccn2-c2cc(CO[SiH](c3ccccc3)c3ccccc3)c(Cl)c(C(C)(C)C)c2Cl)cn1. The first-order chi connectivity index (χ1) is 23.0. The third-order valence-corrected chi connectivity index (χ3v) is 11.0. The Morgan fingerprint density at radius 1 is 0.917 bits per heavy atom. The topological polar surface area (TPSA) is 85.2 Å². The molecule has 2 heterocycles. The fraction of sp³-hybridized carbons (Fsp3) is 0.184. The molecule has 246 valence electrons. The van der Waals surface area contributed by atoms with Gasteiger partial charge in [-0.15, -0.1) is 0 Å². The van der Waals surface area contributed by atoms with E-state index in [1.807, 2.05) is 65.4 Å². The molecule has 2 amide bonds. The highest BCUT2D eigenvalue weighted by Crippen LogP contribution is 2.41. The summed E-state index contributed by atoms with van der Waals surface area (Å²) in [6, 6.07) is 30.0. The summed E-state index contributed by atoms with van der Waals surface area (Å²) in [6.45, 7) is 8.27. The van der Waals surface area contributed by atoms with Crippen LogP contribution in [0.1, 0.15) is 50.1 Å². The fourth-order valence-corrected chi connectivity index (χ4v) is 8.71. The van der Waals surface area contributed by atoms with Gasteiger partial charge in [-0.05, 0) is 68.9 Å². The minimum atomic E-state index is -2.03. The van der Waals surface area contributed by atoms with E-state index in [0.717, 1.165) is 28.1 Å². The monoisotopic (exact) mass is 696 g/mol. The van der Waals surface area contributed by atoms with Crippen molar-refractivity contribution in [3.63, 3.8) is 0 Å². The molecule has 5 rings (SSSR count). The summed E-state index contributed by atoms with van der Waals surface area (Å²) in [5, 5.41) is 9.09. The number of hydrogen-bond acceptors (Lipinski definition) is 4. The smallest absolute Gasteiger partial charge is 0.244 e. The van der Waals surface area contributed by atoms with Crippen LogP contribution in [0.2, 0.25) is 10.0 Å². The van der Waals surface area contributed by atoms with Gasteiger partial charge in [0, 0.05) is 31.1 Å². The van der Waals surface area contributed by atoms with E-state index in [1.165, 1.54) is 23.4 Å². The van der Waals surface area contributed by atoms with Crippen molar-refractivity contribution >= 4 is 66.3 Å². The Balaban J connectivity index is 1.39. The molecule has 0 aliphatic heterocycles. The van der Waals surface area contributed by atoms with E-state index in [0.29, 0.717) is 22.5 Å². The number of nitrogens with zero attached hydrogens (tertiary/aromatic N) is 2. The second kappa shape index (κ2) is 15.6. The molecule has 2 aromatic heterocycles. The first kappa shape index (κ1) is 34.9. The molecule has 5 aromatic rings. The predicted molar refractivity (Wildman–Crippen MR) is 198 cm³/mol. The van der Waals surface area contributed by atoms with Crippen LogP contribution < -0.4 is 21.0 Å². The van der Waals surface area contributed by atoms with Crippen LogP contribution >= 0.6 is 23.2 Å². The predicted octanol–water partition coefficient (Wildman–Crippen LogP) is 6.82. The number of rotatable bonds is 11. The van der Waals surface area contributed by atoms with Crippen LogP contribution in [0.25, 0.3) is 11.8 Å². The number of anilines is 1. The van der Waals surface area contributed by atoms with E-state index >= 15 is 0 Å². The summed E-state index contributed by atoms with van der Waals surface area (Å²) in [5.41, 5.74) is 3.66. The van der Waals surface area contributed by atoms with Crippen LogP contribution in [0.15, 0.2) is 109 Å². The quantitative estimate of drug-likeness (QED) is 0.117. The van der Waals surface area contributed by atoms with Gasteiger partial charge in [0.25, 0.3) is 0 Å². The molecule has 0 atom stereocenters. The van der Waals surface area contributed by atoms with E-state index < -0.39 is 9.04 Å². The largest absolute Gasteiger partial charge is 0.407 e. The molecule has 0 spiro atoms. The summed E-state index contributed by atoms with van der Waals surface area (Å²) < 4.78 is 8.75. The van der Waals surface area contributed by atoms with Gasteiger partial charge < -0.3 is 19.6 Å². The van der Waals surface area contributed by atoms with Crippen molar-refractivity contribution in [3.8, 4) is 5.69 Å². The molecule has 0 bridgehead atoms. The summed E-state index contributed by atoms with van der Waals surface area (Å²) >= 11 is 14.3. The Hall–Kier alpha value is -4.47. The average Bonchev–Trinajstić information content (AvgIpc) is 3.53. The molecule has 0 saturated carbocycles. The molecule has 3 aromatic carbocycles.